The van der Waals surface area contributed by atoms with Crippen LogP contribution in [0.25, 0.3) is 11.5 Å². The van der Waals surface area contributed by atoms with E-state index in [1.54, 1.807) is 6.92 Å². The van der Waals surface area contributed by atoms with Crippen molar-refractivity contribution in [1.29, 1.82) is 0 Å². The van der Waals surface area contributed by atoms with Crippen LogP contribution in [0.5, 0.6) is 0 Å². The number of benzene rings is 1. The van der Waals surface area contributed by atoms with Crippen LogP contribution >= 0.6 is 0 Å². The second-order valence-electron chi connectivity index (χ2n) is 5.90. The second kappa shape index (κ2) is 6.91. The van der Waals surface area contributed by atoms with E-state index < -0.39 is 0 Å². The zero-order valence-electron chi connectivity index (χ0n) is 13.4. The molecule has 0 spiro atoms. The van der Waals surface area contributed by atoms with E-state index in [9.17, 15) is 4.79 Å². The highest BCUT2D eigenvalue weighted by atomic mass is 16.5. The number of anilines is 1. The van der Waals surface area contributed by atoms with E-state index >= 15 is 0 Å². The number of hydrogen-bond donors (Lipinski definition) is 1. The number of carbonyl (C=O) groups is 1. The van der Waals surface area contributed by atoms with Gasteiger partial charge in [-0.1, -0.05) is 12.1 Å². The van der Waals surface area contributed by atoms with Crippen LogP contribution in [-0.4, -0.2) is 28.3 Å². The minimum absolute atomic E-state index is 0.0307. The number of aryl methyl sites for hydroxylation is 1. The molecule has 6 nitrogen and oxygen atoms in total. The summed E-state index contributed by atoms with van der Waals surface area (Å²) < 4.78 is 11.2. The molecule has 122 valence electrons. The van der Waals surface area contributed by atoms with E-state index in [-0.39, 0.29) is 12.0 Å². The Morgan fingerprint density at radius 1 is 1.30 bits per heavy atom. The molecule has 0 saturated carbocycles. The third-order valence-electron chi connectivity index (χ3n) is 3.97. The first-order valence-electron chi connectivity index (χ1n) is 7.96. The van der Waals surface area contributed by atoms with Gasteiger partial charge in [-0.3, -0.25) is 4.79 Å². The summed E-state index contributed by atoms with van der Waals surface area (Å²) in [6, 6.07) is 7.42. The van der Waals surface area contributed by atoms with Crippen LogP contribution in [0, 0.1) is 6.92 Å². The largest absolute Gasteiger partial charge is 0.421 e. The molecule has 6 heteroatoms. The average Bonchev–Trinajstić information content (AvgIpc) is 3.14. The number of ether oxygens (including phenoxy) is 1. The summed E-state index contributed by atoms with van der Waals surface area (Å²) in [6.07, 6.45) is 3.80. The molecular formula is C17H21N3O3. The fraction of sp³-hybridized carbons (Fsp3) is 0.471. The first-order chi connectivity index (χ1) is 11.1. The fourth-order valence-corrected chi connectivity index (χ4v) is 2.79. The molecule has 3 rings (SSSR count). The lowest BCUT2D eigenvalue weighted by Crippen LogP contribution is -2.16. The van der Waals surface area contributed by atoms with Gasteiger partial charge in [0.15, 0.2) is 0 Å². The molecule has 23 heavy (non-hydrogen) atoms. The average molecular weight is 315 g/mol. The lowest BCUT2D eigenvalue weighted by atomic mass is 10.1. The molecule has 2 atom stereocenters. The van der Waals surface area contributed by atoms with E-state index in [1.807, 2.05) is 24.3 Å². The number of nitrogens with zero attached hydrogens (tertiary/aromatic N) is 2. The van der Waals surface area contributed by atoms with Gasteiger partial charge in [-0.25, -0.2) is 0 Å². The highest BCUT2D eigenvalue weighted by Gasteiger charge is 2.22. The van der Waals surface area contributed by atoms with E-state index in [1.165, 1.54) is 0 Å². The monoisotopic (exact) mass is 315 g/mol. The Labute approximate surface area is 135 Å². The van der Waals surface area contributed by atoms with E-state index in [0.29, 0.717) is 30.0 Å². The van der Waals surface area contributed by atoms with Gasteiger partial charge in [0, 0.05) is 13.3 Å². The predicted molar refractivity (Wildman–Crippen MR) is 85.9 cm³/mol. The zero-order chi connectivity index (χ0) is 16.2. The van der Waals surface area contributed by atoms with Crippen molar-refractivity contribution >= 4 is 11.6 Å². The maximum absolute atomic E-state index is 12.2. The van der Waals surface area contributed by atoms with E-state index in [0.717, 1.165) is 24.8 Å². The highest BCUT2D eigenvalue weighted by Crippen LogP contribution is 2.27. The molecule has 0 bridgehead atoms. The Balaban J connectivity index is 1.62. The van der Waals surface area contributed by atoms with Crippen molar-refractivity contribution in [2.75, 3.05) is 5.32 Å². The summed E-state index contributed by atoms with van der Waals surface area (Å²) in [7, 11) is 0. The third-order valence-corrected chi connectivity index (χ3v) is 3.97. The van der Waals surface area contributed by atoms with Crippen LogP contribution in [0.3, 0.4) is 0 Å². The van der Waals surface area contributed by atoms with Gasteiger partial charge in [-0.05, 0) is 38.3 Å². The minimum Gasteiger partial charge on any atom is -0.421 e. The maximum Gasteiger partial charge on any atom is 0.249 e. The van der Waals surface area contributed by atoms with Crippen molar-refractivity contribution in [3.63, 3.8) is 0 Å². The quantitative estimate of drug-likeness (QED) is 0.915. The van der Waals surface area contributed by atoms with Gasteiger partial charge in [0.2, 0.25) is 17.7 Å². The topological polar surface area (TPSA) is 77.2 Å². The summed E-state index contributed by atoms with van der Waals surface area (Å²) in [5.74, 6) is 0.872. The molecule has 0 radical (unpaired) electrons. The molecule has 1 saturated heterocycles. The smallest absolute Gasteiger partial charge is 0.249 e. The maximum atomic E-state index is 12.2. The number of rotatable bonds is 5. The van der Waals surface area contributed by atoms with Crippen molar-refractivity contribution in [3.8, 4) is 11.5 Å². The second-order valence-corrected chi connectivity index (χ2v) is 5.90. The van der Waals surface area contributed by atoms with Gasteiger partial charge in [0.25, 0.3) is 0 Å². The molecule has 1 aromatic carbocycles. The molecule has 2 aromatic rings. The van der Waals surface area contributed by atoms with Crippen LogP contribution in [-0.2, 0) is 9.53 Å². The van der Waals surface area contributed by atoms with Crippen LogP contribution in [0.2, 0.25) is 0 Å². The van der Waals surface area contributed by atoms with E-state index in [4.69, 9.17) is 9.15 Å². The van der Waals surface area contributed by atoms with Crippen molar-refractivity contribution in [1.82, 2.24) is 10.2 Å². The van der Waals surface area contributed by atoms with Crippen LogP contribution in [0.4, 0.5) is 5.69 Å². The zero-order valence-corrected chi connectivity index (χ0v) is 13.4. The van der Waals surface area contributed by atoms with Crippen LogP contribution in [0.1, 0.15) is 38.5 Å². The van der Waals surface area contributed by atoms with E-state index in [2.05, 4.69) is 22.4 Å². The standard InChI is InChI=1S/C17H21N3O3/c1-11-7-8-13(22-11)9-10-16(21)18-15-6-4-3-5-14(15)17-20-19-12(2)23-17/h3-6,11,13H,7-10H2,1-2H3,(H,18,21)/t11-,13-/m1/s1. The number of amides is 1. The van der Waals surface area contributed by atoms with Crippen LogP contribution < -0.4 is 5.32 Å². The third kappa shape index (κ3) is 3.96. The molecule has 1 aromatic heterocycles. The summed E-state index contributed by atoms with van der Waals surface area (Å²) in [5.41, 5.74) is 1.41. The Hall–Kier alpha value is -2.21. The van der Waals surface area contributed by atoms with Crippen molar-refractivity contribution in [3.05, 3.63) is 30.2 Å². The Morgan fingerprint density at radius 2 is 2.13 bits per heavy atom. The Morgan fingerprint density at radius 3 is 2.83 bits per heavy atom. The van der Waals surface area contributed by atoms with Gasteiger partial charge in [-0.15, -0.1) is 10.2 Å². The summed E-state index contributed by atoms with van der Waals surface area (Å²) in [5, 5.41) is 10.8. The number of nitrogens with one attached hydrogen (secondary N) is 1. The number of carbonyl (C=O) groups excluding carboxylic acids is 1. The van der Waals surface area contributed by atoms with Gasteiger partial charge in [0.1, 0.15) is 0 Å². The first-order valence-corrected chi connectivity index (χ1v) is 7.96. The number of hydrogen-bond acceptors (Lipinski definition) is 5. The lowest BCUT2D eigenvalue weighted by molar-refractivity contribution is -0.116. The fourth-order valence-electron chi connectivity index (χ4n) is 2.79. The summed E-state index contributed by atoms with van der Waals surface area (Å²) >= 11 is 0. The van der Waals surface area contributed by atoms with Crippen LogP contribution in [0.15, 0.2) is 28.7 Å². The SMILES string of the molecule is Cc1nnc(-c2ccccc2NC(=O)CC[C@H]2CC[C@@H](C)O2)o1. The Bertz CT molecular complexity index is 683. The molecule has 1 aliphatic heterocycles. The van der Waals surface area contributed by atoms with Crippen molar-refractivity contribution < 1.29 is 13.9 Å². The molecule has 1 N–H and O–H groups in total. The van der Waals surface area contributed by atoms with Gasteiger partial charge >= 0.3 is 0 Å². The molecule has 1 aliphatic rings. The van der Waals surface area contributed by atoms with Crippen molar-refractivity contribution in [2.45, 2.75) is 51.7 Å². The molecular weight excluding hydrogens is 294 g/mol. The number of para-hydroxylation sites is 1. The summed E-state index contributed by atoms with van der Waals surface area (Å²) in [4.78, 5) is 12.2. The summed E-state index contributed by atoms with van der Waals surface area (Å²) in [6.45, 7) is 3.81. The normalized spacial score (nSPS) is 20.6. The predicted octanol–water partition coefficient (Wildman–Crippen LogP) is 3.33. The highest BCUT2D eigenvalue weighted by molar-refractivity contribution is 5.94. The lowest BCUT2D eigenvalue weighted by Gasteiger charge is -2.12. The van der Waals surface area contributed by atoms with Gasteiger partial charge in [0.05, 0.1) is 23.5 Å². The minimum atomic E-state index is -0.0307. The van der Waals surface area contributed by atoms with Gasteiger partial charge < -0.3 is 14.5 Å². The molecule has 0 aliphatic carbocycles. The van der Waals surface area contributed by atoms with Crippen molar-refractivity contribution in [2.24, 2.45) is 0 Å². The molecule has 2 heterocycles. The molecule has 1 fully saturated rings. The molecule has 0 unspecified atom stereocenters. The Kier molecular flexibility index (Phi) is 4.71. The number of aromatic nitrogens is 2. The molecule has 1 amide bonds. The first kappa shape index (κ1) is 15.7. The van der Waals surface area contributed by atoms with Gasteiger partial charge in [-0.2, -0.15) is 0 Å².